The third-order valence-electron chi connectivity index (χ3n) is 2.89. The molecule has 3 N–H and O–H groups in total. The summed E-state index contributed by atoms with van der Waals surface area (Å²) in [6.45, 7) is 6.31. The molecule has 1 rings (SSSR count). The molecule has 0 bridgehead atoms. The number of rotatable bonds is 6. The Kier molecular flexibility index (Phi) is 4.92. The fourth-order valence-corrected chi connectivity index (χ4v) is 2.51. The van der Waals surface area contributed by atoms with Crippen molar-refractivity contribution in [3.63, 3.8) is 0 Å². The number of ether oxygens (including phenoxy) is 1. The van der Waals surface area contributed by atoms with E-state index in [1.807, 2.05) is 0 Å². The van der Waals surface area contributed by atoms with Crippen LogP contribution in [-0.2, 0) is 4.74 Å². The van der Waals surface area contributed by atoms with Crippen LogP contribution in [0.2, 0.25) is 0 Å². The highest BCUT2D eigenvalue weighted by molar-refractivity contribution is 7.12. The van der Waals surface area contributed by atoms with Crippen molar-refractivity contribution in [1.29, 1.82) is 0 Å². The Hall–Kier alpha value is -0.420. The first kappa shape index (κ1) is 13.6. The molecule has 1 aromatic heterocycles. The highest BCUT2D eigenvalue weighted by atomic mass is 32.1. The van der Waals surface area contributed by atoms with E-state index in [4.69, 9.17) is 10.6 Å². The predicted octanol–water partition coefficient (Wildman–Crippen LogP) is 2.77. The van der Waals surface area contributed by atoms with Gasteiger partial charge < -0.3 is 4.74 Å². The molecule has 1 atom stereocenters. The van der Waals surface area contributed by atoms with Gasteiger partial charge >= 0.3 is 0 Å². The Labute approximate surface area is 102 Å². The van der Waals surface area contributed by atoms with E-state index in [1.54, 1.807) is 18.4 Å². The standard InChI is InChI=1S/C12H22N2OS/c1-9-5-6-11(16-9)10(14-13)7-8-12(2,3)15-4/h5-6,10,14H,7-8,13H2,1-4H3. The van der Waals surface area contributed by atoms with E-state index in [9.17, 15) is 0 Å². The molecular weight excluding hydrogens is 220 g/mol. The molecule has 0 spiro atoms. The molecule has 0 saturated heterocycles. The summed E-state index contributed by atoms with van der Waals surface area (Å²) in [4.78, 5) is 2.62. The maximum Gasteiger partial charge on any atom is 0.0623 e. The average Bonchev–Trinajstić information content (AvgIpc) is 2.66. The summed E-state index contributed by atoms with van der Waals surface area (Å²) in [6.07, 6.45) is 1.96. The van der Waals surface area contributed by atoms with Crippen LogP contribution in [0.5, 0.6) is 0 Å². The molecule has 0 aliphatic carbocycles. The average molecular weight is 242 g/mol. The number of hydrazine groups is 1. The van der Waals surface area contributed by atoms with Gasteiger partial charge in [0.2, 0.25) is 0 Å². The van der Waals surface area contributed by atoms with Gasteiger partial charge in [0.25, 0.3) is 0 Å². The van der Waals surface area contributed by atoms with E-state index >= 15 is 0 Å². The van der Waals surface area contributed by atoms with Gasteiger partial charge in [0.1, 0.15) is 0 Å². The SMILES string of the molecule is COC(C)(C)CCC(NN)c1ccc(C)s1. The van der Waals surface area contributed by atoms with Crippen LogP contribution < -0.4 is 11.3 Å². The van der Waals surface area contributed by atoms with E-state index in [-0.39, 0.29) is 11.6 Å². The summed E-state index contributed by atoms with van der Waals surface area (Å²) >= 11 is 1.80. The second-order valence-corrected chi connectivity index (χ2v) is 5.99. The van der Waals surface area contributed by atoms with Crippen molar-refractivity contribution >= 4 is 11.3 Å². The number of thiophene rings is 1. The molecule has 0 aliphatic rings. The Balaban J connectivity index is 2.56. The van der Waals surface area contributed by atoms with Crippen LogP contribution >= 0.6 is 11.3 Å². The smallest absolute Gasteiger partial charge is 0.0623 e. The molecule has 3 nitrogen and oxygen atoms in total. The lowest BCUT2D eigenvalue weighted by Crippen LogP contribution is -2.30. The zero-order chi connectivity index (χ0) is 12.2. The Morgan fingerprint density at radius 2 is 2.19 bits per heavy atom. The monoisotopic (exact) mass is 242 g/mol. The van der Waals surface area contributed by atoms with Crippen LogP contribution in [0.4, 0.5) is 0 Å². The van der Waals surface area contributed by atoms with Gasteiger partial charge in [-0.2, -0.15) is 0 Å². The van der Waals surface area contributed by atoms with Gasteiger partial charge in [0, 0.05) is 16.9 Å². The number of methoxy groups -OCH3 is 1. The molecule has 1 heterocycles. The zero-order valence-electron chi connectivity index (χ0n) is 10.5. The lowest BCUT2D eigenvalue weighted by atomic mass is 9.98. The van der Waals surface area contributed by atoms with Crippen LogP contribution in [0.1, 0.15) is 42.5 Å². The van der Waals surface area contributed by atoms with Crippen LogP contribution in [0, 0.1) is 6.92 Å². The van der Waals surface area contributed by atoms with E-state index in [0.717, 1.165) is 12.8 Å². The van der Waals surface area contributed by atoms with Crippen molar-refractivity contribution in [3.8, 4) is 0 Å². The van der Waals surface area contributed by atoms with Gasteiger partial charge in [0.05, 0.1) is 11.6 Å². The molecule has 0 saturated carbocycles. The van der Waals surface area contributed by atoms with Crippen LogP contribution in [0.25, 0.3) is 0 Å². The minimum Gasteiger partial charge on any atom is -0.379 e. The molecule has 16 heavy (non-hydrogen) atoms. The van der Waals surface area contributed by atoms with Gasteiger partial charge in [0.15, 0.2) is 0 Å². The van der Waals surface area contributed by atoms with Crippen molar-refractivity contribution in [1.82, 2.24) is 5.43 Å². The van der Waals surface area contributed by atoms with E-state index in [1.165, 1.54) is 9.75 Å². The van der Waals surface area contributed by atoms with Gasteiger partial charge in [-0.25, -0.2) is 0 Å². The number of nitrogens with one attached hydrogen (secondary N) is 1. The summed E-state index contributed by atoms with van der Waals surface area (Å²) in [5, 5.41) is 0. The summed E-state index contributed by atoms with van der Waals surface area (Å²) < 4.78 is 5.41. The molecule has 0 fully saturated rings. The number of hydrogen-bond acceptors (Lipinski definition) is 4. The maximum atomic E-state index is 5.60. The summed E-state index contributed by atoms with van der Waals surface area (Å²) in [6, 6.07) is 4.50. The van der Waals surface area contributed by atoms with Gasteiger partial charge in [-0.3, -0.25) is 11.3 Å². The van der Waals surface area contributed by atoms with Crippen molar-refractivity contribution in [2.24, 2.45) is 5.84 Å². The first-order valence-electron chi connectivity index (χ1n) is 5.56. The number of nitrogens with two attached hydrogens (primary N) is 1. The maximum absolute atomic E-state index is 5.60. The third-order valence-corrected chi connectivity index (χ3v) is 4.01. The Morgan fingerprint density at radius 1 is 1.50 bits per heavy atom. The molecule has 0 amide bonds. The van der Waals surface area contributed by atoms with Crippen molar-refractivity contribution in [2.45, 2.75) is 45.3 Å². The number of aryl methyl sites for hydroxylation is 1. The Morgan fingerprint density at radius 3 is 2.62 bits per heavy atom. The lowest BCUT2D eigenvalue weighted by molar-refractivity contribution is 0.0117. The molecule has 0 radical (unpaired) electrons. The molecule has 92 valence electrons. The highest BCUT2D eigenvalue weighted by Crippen LogP contribution is 2.28. The minimum absolute atomic E-state index is 0.0819. The molecule has 0 aromatic carbocycles. The molecule has 1 aromatic rings. The summed E-state index contributed by atoms with van der Waals surface area (Å²) in [7, 11) is 1.75. The minimum atomic E-state index is -0.0819. The normalized spacial score (nSPS) is 14.1. The predicted molar refractivity (Wildman–Crippen MR) is 69.4 cm³/mol. The van der Waals surface area contributed by atoms with E-state index < -0.39 is 0 Å². The fourth-order valence-electron chi connectivity index (χ4n) is 1.54. The lowest BCUT2D eigenvalue weighted by Gasteiger charge is -2.25. The van der Waals surface area contributed by atoms with Gasteiger partial charge in [-0.05, 0) is 45.7 Å². The first-order valence-corrected chi connectivity index (χ1v) is 6.38. The van der Waals surface area contributed by atoms with Crippen LogP contribution in [0.3, 0.4) is 0 Å². The first-order chi connectivity index (χ1) is 7.48. The summed E-state index contributed by atoms with van der Waals surface area (Å²) in [5.41, 5.74) is 2.80. The molecule has 4 heteroatoms. The van der Waals surface area contributed by atoms with Gasteiger partial charge in [-0.1, -0.05) is 0 Å². The fraction of sp³-hybridized carbons (Fsp3) is 0.667. The Bertz CT molecular complexity index is 323. The van der Waals surface area contributed by atoms with Crippen molar-refractivity contribution < 1.29 is 4.74 Å². The third kappa shape index (κ3) is 3.87. The van der Waals surface area contributed by atoms with Gasteiger partial charge in [-0.15, -0.1) is 11.3 Å². The second kappa shape index (κ2) is 5.77. The zero-order valence-corrected chi connectivity index (χ0v) is 11.4. The van der Waals surface area contributed by atoms with Crippen molar-refractivity contribution in [3.05, 3.63) is 21.9 Å². The number of hydrogen-bond donors (Lipinski definition) is 2. The summed E-state index contributed by atoms with van der Waals surface area (Å²) in [5.74, 6) is 5.60. The largest absolute Gasteiger partial charge is 0.379 e. The molecular formula is C12H22N2OS. The van der Waals surface area contributed by atoms with Crippen molar-refractivity contribution in [2.75, 3.05) is 7.11 Å². The topological polar surface area (TPSA) is 47.3 Å². The molecule has 0 aliphatic heterocycles. The second-order valence-electron chi connectivity index (χ2n) is 4.67. The molecule has 1 unspecified atom stereocenters. The highest BCUT2D eigenvalue weighted by Gasteiger charge is 2.20. The van der Waals surface area contributed by atoms with Crippen LogP contribution in [-0.4, -0.2) is 12.7 Å². The van der Waals surface area contributed by atoms with Crippen LogP contribution in [0.15, 0.2) is 12.1 Å². The van der Waals surface area contributed by atoms with E-state index in [2.05, 4.69) is 38.3 Å². The quantitative estimate of drug-likeness (QED) is 0.595. The van der Waals surface area contributed by atoms with E-state index in [0.29, 0.717) is 0 Å².